The largest absolute Gasteiger partial charge is 0.325 e. The molecule has 0 radical (unpaired) electrons. The third kappa shape index (κ3) is 5.22. The van der Waals surface area contributed by atoms with Crippen LogP contribution in [0.3, 0.4) is 0 Å². The minimum Gasteiger partial charge on any atom is -0.307 e. The Kier molecular flexibility index (Phi) is 6.21. The van der Waals surface area contributed by atoms with E-state index in [2.05, 4.69) is 25.8 Å². The first-order valence-corrected chi connectivity index (χ1v) is 11.3. The first kappa shape index (κ1) is 21.3. The first-order chi connectivity index (χ1) is 14.9. The second kappa shape index (κ2) is 9.04. The number of rotatable bonds is 5. The molecule has 0 aliphatic carbocycles. The van der Waals surface area contributed by atoms with Crippen LogP contribution in [-0.2, 0) is 5.75 Å². The second-order valence-electron chi connectivity index (χ2n) is 6.72. The maximum absolute atomic E-state index is 12.3. The fourth-order valence-electron chi connectivity index (χ4n) is 2.78. The molecule has 3 aromatic heterocycles. The molecule has 2 amide bonds. The van der Waals surface area contributed by atoms with Crippen LogP contribution in [0, 0.1) is 13.8 Å². The van der Waals surface area contributed by atoms with Crippen LogP contribution < -0.4 is 16.2 Å². The second-order valence-corrected chi connectivity index (χ2v) is 9.36. The molecule has 4 rings (SSSR count). The van der Waals surface area contributed by atoms with Gasteiger partial charge in [-0.05, 0) is 43.2 Å². The number of nitrogens with zero attached hydrogens (tertiary/aromatic N) is 4. The molecule has 0 fully saturated rings. The number of nitrogens with one attached hydrogen (secondary N) is 2. The molecule has 31 heavy (non-hydrogen) atoms. The zero-order valence-corrected chi connectivity index (χ0v) is 18.9. The van der Waals surface area contributed by atoms with Gasteiger partial charge in [-0.25, -0.2) is 9.78 Å². The fourth-order valence-corrected chi connectivity index (χ4v) is 4.58. The van der Waals surface area contributed by atoms with Gasteiger partial charge in [-0.3, -0.25) is 14.5 Å². The number of carbonyl (C=O) groups is 1. The normalized spacial score (nSPS) is 10.9. The molecule has 0 saturated carbocycles. The lowest BCUT2D eigenvalue weighted by molar-refractivity contribution is 0.262. The molecular formula is C20H17ClN6O2S2. The maximum atomic E-state index is 12.3. The molecule has 0 unspecified atom stereocenters. The van der Waals surface area contributed by atoms with Crippen molar-refractivity contribution in [3.8, 4) is 0 Å². The number of aryl methyl sites for hydroxylation is 2. The molecular weight excluding hydrogens is 456 g/mol. The van der Waals surface area contributed by atoms with Crippen LogP contribution in [-0.4, -0.2) is 25.6 Å². The van der Waals surface area contributed by atoms with Gasteiger partial charge >= 0.3 is 6.03 Å². The molecule has 0 bridgehead atoms. The standard InChI is InChI=1S/C20H17ClN6O2S2/c1-11-3-4-12(2)15(7-11)23-18(29)24-19-25-26-20(31-19)30-10-14-8-17(28)27-9-13(21)5-6-16(27)22-14/h3-9H,10H2,1-2H3,(H2,23,24,25,29). The van der Waals surface area contributed by atoms with Crippen molar-refractivity contribution in [2.24, 2.45) is 0 Å². The molecule has 0 saturated heterocycles. The van der Waals surface area contributed by atoms with Crippen molar-refractivity contribution < 1.29 is 4.79 Å². The number of benzene rings is 1. The van der Waals surface area contributed by atoms with E-state index in [1.807, 2.05) is 32.0 Å². The van der Waals surface area contributed by atoms with Gasteiger partial charge in [-0.15, -0.1) is 10.2 Å². The van der Waals surface area contributed by atoms with Gasteiger partial charge in [-0.2, -0.15) is 0 Å². The third-order valence-electron chi connectivity index (χ3n) is 4.29. The third-order valence-corrected chi connectivity index (χ3v) is 6.52. The van der Waals surface area contributed by atoms with Crippen LogP contribution in [0.5, 0.6) is 0 Å². The highest BCUT2D eigenvalue weighted by Crippen LogP contribution is 2.28. The van der Waals surface area contributed by atoms with Gasteiger partial charge in [0, 0.05) is 23.7 Å². The summed E-state index contributed by atoms with van der Waals surface area (Å²) < 4.78 is 2.05. The van der Waals surface area contributed by atoms with Gasteiger partial charge in [0.05, 0.1) is 10.7 Å². The van der Waals surface area contributed by atoms with Crippen LogP contribution in [0.1, 0.15) is 16.8 Å². The highest BCUT2D eigenvalue weighted by atomic mass is 35.5. The Morgan fingerprint density at radius 2 is 2.00 bits per heavy atom. The van der Waals surface area contributed by atoms with E-state index < -0.39 is 0 Å². The number of fused-ring (bicyclic) bond motifs is 1. The highest BCUT2D eigenvalue weighted by molar-refractivity contribution is 8.00. The number of urea groups is 1. The van der Waals surface area contributed by atoms with E-state index in [0.717, 1.165) is 16.8 Å². The van der Waals surface area contributed by atoms with E-state index in [0.29, 0.717) is 31.6 Å². The molecule has 0 atom stereocenters. The van der Waals surface area contributed by atoms with Crippen molar-refractivity contribution >= 4 is 57.2 Å². The van der Waals surface area contributed by atoms with E-state index in [1.165, 1.54) is 39.8 Å². The predicted molar refractivity (Wildman–Crippen MR) is 124 cm³/mol. The number of hydrogen-bond acceptors (Lipinski definition) is 7. The smallest absolute Gasteiger partial charge is 0.307 e. The lowest BCUT2D eigenvalue weighted by atomic mass is 10.1. The number of carbonyl (C=O) groups excluding carboxylic acids is 1. The van der Waals surface area contributed by atoms with Crippen LogP contribution in [0.15, 0.2) is 51.7 Å². The van der Waals surface area contributed by atoms with Gasteiger partial charge in [-0.1, -0.05) is 46.8 Å². The van der Waals surface area contributed by atoms with Crippen LogP contribution >= 0.6 is 34.7 Å². The Hall–Kier alpha value is -2.95. The number of anilines is 2. The lowest BCUT2D eigenvalue weighted by Gasteiger charge is -2.09. The zero-order chi connectivity index (χ0) is 22.0. The SMILES string of the molecule is Cc1ccc(C)c(NC(=O)Nc2nnc(SCc3cc(=O)n4cc(Cl)ccc4n3)s2)c1. The number of halogens is 1. The molecule has 8 nitrogen and oxygen atoms in total. The summed E-state index contributed by atoms with van der Waals surface area (Å²) in [6.07, 6.45) is 1.54. The number of aromatic nitrogens is 4. The van der Waals surface area contributed by atoms with Crippen LogP contribution in [0.2, 0.25) is 5.02 Å². The Bertz CT molecular complexity index is 1340. The molecule has 0 aliphatic rings. The first-order valence-electron chi connectivity index (χ1n) is 9.17. The summed E-state index contributed by atoms with van der Waals surface area (Å²) in [6.45, 7) is 3.89. The van der Waals surface area contributed by atoms with E-state index in [1.54, 1.807) is 12.1 Å². The topological polar surface area (TPSA) is 101 Å². The quantitative estimate of drug-likeness (QED) is 0.321. The summed E-state index contributed by atoms with van der Waals surface area (Å²) in [7, 11) is 0. The average Bonchev–Trinajstić information content (AvgIpc) is 3.17. The van der Waals surface area contributed by atoms with Crippen molar-refractivity contribution in [3.63, 3.8) is 0 Å². The Morgan fingerprint density at radius 1 is 1.16 bits per heavy atom. The van der Waals surface area contributed by atoms with Crippen molar-refractivity contribution in [2.45, 2.75) is 23.9 Å². The van der Waals surface area contributed by atoms with E-state index >= 15 is 0 Å². The summed E-state index contributed by atoms with van der Waals surface area (Å²) in [5.74, 6) is 0.442. The summed E-state index contributed by atoms with van der Waals surface area (Å²) >= 11 is 8.57. The minimum atomic E-state index is -0.385. The number of hydrogen-bond donors (Lipinski definition) is 2. The van der Waals surface area contributed by atoms with Crippen LogP contribution in [0.25, 0.3) is 5.65 Å². The zero-order valence-electron chi connectivity index (χ0n) is 16.5. The van der Waals surface area contributed by atoms with Crippen molar-refractivity contribution in [3.05, 3.63) is 74.8 Å². The molecule has 11 heteroatoms. The summed E-state index contributed by atoms with van der Waals surface area (Å²) in [6, 6.07) is 10.3. The van der Waals surface area contributed by atoms with Gasteiger partial charge in [0.15, 0.2) is 4.34 Å². The van der Waals surface area contributed by atoms with Gasteiger partial charge in [0.25, 0.3) is 5.56 Å². The Balaban J connectivity index is 1.38. The lowest BCUT2D eigenvalue weighted by Crippen LogP contribution is -2.19. The summed E-state index contributed by atoms with van der Waals surface area (Å²) in [5, 5.41) is 14.4. The molecule has 158 valence electrons. The van der Waals surface area contributed by atoms with E-state index in [-0.39, 0.29) is 11.6 Å². The molecule has 3 heterocycles. The Labute approximate surface area is 190 Å². The highest BCUT2D eigenvalue weighted by Gasteiger charge is 2.11. The summed E-state index contributed by atoms with van der Waals surface area (Å²) in [5.41, 5.74) is 3.71. The molecule has 0 aliphatic heterocycles. The van der Waals surface area contributed by atoms with Gasteiger partial charge in [0.2, 0.25) is 5.13 Å². The average molecular weight is 473 g/mol. The summed E-state index contributed by atoms with van der Waals surface area (Å²) in [4.78, 5) is 29.0. The number of thioether (sulfide) groups is 1. The van der Waals surface area contributed by atoms with Crippen molar-refractivity contribution in [2.75, 3.05) is 10.6 Å². The number of amides is 2. The predicted octanol–water partition coefficient (Wildman–Crippen LogP) is 4.75. The molecule has 1 aromatic carbocycles. The van der Waals surface area contributed by atoms with Gasteiger partial charge in [0.1, 0.15) is 5.65 Å². The van der Waals surface area contributed by atoms with Crippen LogP contribution in [0.4, 0.5) is 15.6 Å². The minimum absolute atomic E-state index is 0.203. The molecule has 0 spiro atoms. The maximum Gasteiger partial charge on any atom is 0.325 e. The van der Waals surface area contributed by atoms with E-state index in [4.69, 9.17) is 11.6 Å². The van der Waals surface area contributed by atoms with Gasteiger partial charge < -0.3 is 5.32 Å². The van der Waals surface area contributed by atoms with Crippen molar-refractivity contribution in [1.29, 1.82) is 0 Å². The Morgan fingerprint density at radius 3 is 2.84 bits per heavy atom. The van der Waals surface area contributed by atoms with Crippen molar-refractivity contribution in [1.82, 2.24) is 19.6 Å². The van der Waals surface area contributed by atoms with E-state index in [9.17, 15) is 9.59 Å². The number of pyridine rings is 1. The monoisotopic (exact) mass is 472 g/mol. The fraction of sp³-hybridized carbons (Fsp3) is 0.150. The molecule has 4 aromatic rings. The molecule has 2 N–H and O–H groups in total.